The van der Waals surface area contributed by atoms with Crippen LogP contribution in [0.4, 0.5) is 0 Å². The highest BCUT2D eigenvalue weighted by molar-refractivity contribution is 5.98. The van der Waals surface area contributed by atoms with Crippen molar-refractivity contribution in [1.82, 2.24) is 4.90 Å². The topological polar surface area (TPSA) is 66.8 Å². The standard InChI is InChI=1S/C16H19NO4/c1-16(20,15(19)21-9-11-6-7-11)10-17-8-12-4-2-3-5-13(12)14(17)18/h2-5,11,20H,6-10H2,1H3/t16-/m0/s1. The van der Waals surface area contributed by atoms with Crippen LogP contribution in [0.25, 0.3) is 0 Å². The van der Waals surface area contributed by atoms with Crippen molar-refractivity contribution in [3.8, 4) is 0 Å². The van der Waals surface area contributed by atoms with E-state index >= 15 is 0 Å². The molecular weight excluding hydrogens is 270 g/mol. The zero-order chi connectivity index (χ0) is 15.0. The van der Waals surface area contributed by atoms with Crippen molar-refractivity contribution < 1.29 is 19.4 Å². The van der Waals surface area contributed by atoms with Crippen LogP contribution in [0, 0.1) is 5.92 Å². The second-order valence-corrected chi connectivity index (χ2v) is 6.13. The molecule has 0 unspecified atom stereocenters. The number of esters is 1. The van der Waals surface area contributed by atoms with E-state index in [-0.39, 0.29) is 12.5 Å². The normalized spacial score (nSPS) is 20.1. The van der Waals surface area contributed by atoms with E-state index in [4.69, 9.17) is 4.74 Å². The van der Waals surface area contributed by atoms with Crippen LogP contribution in [0.2, 0.25) is 0 Å². The van der Waals surface area contributed by atoms with Gasteiger partial charge in [0.25, 0.3) is 5.91 Å². The highest BCUT2D eigenvalue weighted by atomic mass is 16.5. The van der Waals surface area contributed by atoms with Crippen molar-refractivity contribution in [3.63, 3.8) is 0 Å². The van der Waals surface area contributed by atoms with Crippen molar-refractivity contribution in [2.24, 2.45) is 5.92 Å². The number of carbonyl (C=O) groups excluding carboxylic acids is 2. The molecule has 1 aromatic rings. The number of hydrogen-bond donors (Lipinski definition) is 1. The first-order valence-corrected chi connectivity index (χ1v) is 7.24. The van der Waals surface area contributed by atoms with Crippen molar-refractivity contribution in [3.05, 3.63) is 35.4 Å². The number of amides is 1. The molecule has 5 nitrogen and oxygen atoms in total. The van der Waals surface area contributed by atoms with Gasteiger partial charge in [-0.05, 0) is 37.3 Å². The van der Waals surface area contributed by atoms with Crippen molar-refractivity contribution in [2.75, 3.05) is 13.2 Å². The third-order valence-corrected chi connectivity index (χ3v) is 3.98. The monoisotopic (exact) mass is 289 g/mol. The van der Waals surface area contributed by atoms with Crippen LogP contribution in [-0.2, 0) is 16.1 Å². The summed E-state index contributed by atoms with van der Waals surface area (Å²) in [6, 6.07) is 7.32. The smallest absolute Gasteiger partial charge is 0.339 e. The van der Waals surface area contributed by atoms with E-state index in [0.29, 0.717) is 24.6 Å². The molecule has 0 spiro atoms. The van der Waals surface area contributed by atoms with Gasteiger partial charge in [0.2, 0.25) is 0 Å². The molecule has 5 heteroatoms. The highest BCUT2D eigenvalue weighted by Crippen LogP contribution is 2.29. The van der Waals surface area contributed by atoms with Gasteiger partial charge >= 0.3 is 5.97 Å². The van der Waals surface area contributed by atoms with Crippen LogP contribution in [0.5, 0.6) is 0 Å². The molecule has 1 N–H and O–H groups in total. The molecule has 1 aliphatic heterocycles. The summed E-state index contributed by atoms with van der Waals surface area (Å²) in [5.74, 6) is -0.360. The number of hydrogen-bond acceptors (Lipinski definition) is 4. The van der Waals surface area contributed by atoms with E-state index in [1.165, 1.54) is 11.8 Å². The number of carbonyl (C=O) groups is 2. The van der Waals surface area contributed by atoms with Crippen LogP contribution >= 0.6 is 0 Å². The first-order valence-electron chi connectivity index (χ1n) is 7.24. The lowest BCUT2D eigenvalue weighted by Gasteiger charge is -2.27. The fraction of sp³-hybridized carbons (Fsp3) is 0.500. The molecule has 1 atom stereocenters. The second-order valence-electron chi connectivity index (χ2n) is 6.13. The molecule has 2 aliphatic rings. The van der Waals surface area contributed by atoms with E-state index < -0.39 is 11.6 Å². The minimum absolute atomic E-state index is 0.0516. The Kier molecular flexibility index (Phi) is 3.45. The average molecular weight is 289 g/mol. The predicted octanol–water partition coefficient (Wildman–Crippen LogP) is 1.35. The van der Waals surface area contributed by atoms with Gasteiger partial charge in [0, 0.05) is 12.1 Å². The number of β-amino-alcohol motifs (C(OH)–C–C–N with tert-alkyl or cyclic N) is 1. The summed E-state index contributed by atoms with van der Waals surface area (Å²) < 4.78 is 5.13. The molecule has 1 aliphatic carbocycles. The quantitative estimate of drug-likeness (QED) is 0.831. The van der Waals surface area contributed by atoms with Crippen LogP contribution in [0.1, 0.15) is 35.7 Å². The van der Waals surface area contributed by atoms with Crippen LogP contribution < -0.4 is 0 Å². The summed E-state index contributed by atoms with van der Waals surface area (Å²) in [5.41, 5.74) is -0.114. The molecule has 0 saturated heterocycles. The van der Waals surface area contributed by atoms with E-state index in [0.717, 1.165) is 18.4 Å². The SMILES string of the molecule is C[C@](O)(CN1Cc2ccccc2C1=O)C(=O)OCC1CC1. The summed E-state index contributed by atoms with van der Waals surface area (Å²) in [6.07, 6.45) is 2.16. The van der Waals surface area contributed by atoms with E-state index in [1.807, 2.05) is 18.2 Å². The largest absolute Gasteiger partial charge is 0.463 e. The molecule has 1 fully saturated rings. The van der Waals surface area contributed by atoms with Gasteiger partial charge in [0.1, 0.15) is 0 Å². The van der Waals surface area contributed by atoms with Crippen molar-refractivity contribution in [1.29, 1.82) is 0 Å². The zero-order valence-corrected chi connectivity index (χ0v) is 12.0. The second kappa shape index (κ2) is 5.15. The lowest BCUT2D eigenvalue weighted by Crippen LogP contribution is -2.48. The average Bonchev–Trinajstić information content (AvgIpc) is 3.23. The summed E-state index contributed by atoms with van der Waals surface area (Å²) in [4.78, 5) is 25.7. The van der Waals surface area contributed by atoms with E-state index in [9.17, 15) is 14.7 Å². The third-order valence-electron chi connectivity index (χ3n) is 3.98. The fourth-order valence-electron chi connectivity index (χ4n) is 2.51. The van der Waals surface area contributed by atoms with E-state index in [1.54, 1.807) is 6.07 Å². The van der Waals surface area contributed by atoms with Gasteiger partial charge in [-0.3, -0.25) is 4.79 Å². The molecule has 1 heterocycles. The molecule has 0 bridgehead atoms. The molecule has 0 aromatic heterocycles. The third kappa shape index (κ3) is 2.93. The lowest BCUT2D eigenvalue weighted by atomic mass is 10.1. The Hall–Kier alpha value is -1.88. The van der Waals surface area contributed by atoms with Gasteiger partial charge in [-0.1, -0.05) is 18.2 Å². The predicted molar refractivity (Wildman–Crippen MR) is 75.5 cm³/mol. The molecular formula is C16H19NO4. The van der Waals surface area contributed by atoms with Crippen LogP contribution in [-0.4, -0.2) is 40.6 Å². The maximum atomic E-state index is 12.2. The first-order chi connectivity index (χ1) is 9.97. The Morgan fingerprint density at radius 2 is 2.14 bits per heavy atom. The maximum absolute atomic E-state index is 12.2. The molecule has 0 radical (unpaired) electrons. The van der Waals surface area contributed by atoms with Gasteiger partial charge in [-0.15, -0.1) is 0 Å². The van der Waals surface area contributed by atoms with Crippen molar-refractivity contribution in [2.45, 2.75) is 31.9 Å². The summed E-state index contributed by atoms with van der Waals surface area (Å²) in [7, 11) is 0. The summed E-state index contributed by atoms with van der Waals surface area (Å²) in [6.45, 7) is 2.13. The minimum Gasteiger partial charge on any atom is -0.463 e. The van der Waals surface area contributed by atoms with Crippen molar-refractivity contribution >= 4 is 11.9 Å². The number of rotatable bonds is 5. The summed E-state index contributed by atoms with van der Waals surface area (Å²) in [5, 5.41) is 10.3. The number of aliphatic hydroxyl groups is 1. The molecule has 112 valence electrons. The van der Waals surface area contributed by atoms with E-state index in [2.05, 4.69) is 0 Å². The highest BCUT2D eigenvalue weighted by Gasteiger charge is 2.39. The van der Waals surface area contributed by atoms with Crippen LogP contribution in [0.15, 0.2) is 24.3 Å². The Bertz CT molecular complexity index is 577. The Morgan fingerprint density at radius 3 is 2.81 bits per heavy atom. The molecule has 3 rings (SSSR count). The van der Waals surface area contributed by atoms with Gasteiger partial charge < -0.3 is 14.7 Å². The number of nitrogens with zero attached hydrogens (tertiary/aromatic N) is 1. The number of benzene rings is 1. The lowest BCUT2D eigenvalue weighted by molar-refractivity contribution is -0.165. The van der Waals surface area contributed by atoms with Gasteiger partial charge in [0.05, 0.1) is 13.2 Å². The van der Waals surface area contributed by atoms with Gasteiger partial charge in [-0.25, -0.2) is 4.79 Å². The first kappa shape index (κ1) is 14.1. The van der Waals surface area contributed by atoms with Gasteiger partial charge in [-0.2, -0.15) is 0 Å². The number of fused-ring (bicyclic) bond motifs is 1. The molecule has 1 saturated carbocycles. The minimum atomic E-state index is -1.67. The molecule has 1 amide bonds. The number of ether oxygens (including phenoxy) is 1. The molecule has 1 aromatic carbocycles. The van der Waals surface area contributed by atoms with Gasteiger partial charge in [0.15, 0.2) is 5.60 Å². The Balaban J connectivity index is 1.63. The summed E-state index contributed by atoms with van der Waals surface area (Å²) >= 11 is 0. The maximum Gasteiger partial charge on any atom is 0.339 e. The zero-order valence-electron chi connectivity index (χ0n) is 12.0. The fourth-order valence-corrected chi connectivity index (χ4v) is 2.51. The Morgan fingerprint density at radius 1 is 1.43 bits per heavy atom. The Labute approximate surface area is 123 Å². The van der Waals surface area contributed by atoms with Crippen LogP contribution in [0.3, 0.4) is 0 Å². The molecule has 21 heavy (non-hydrogen) atoms.